The van der Waals surface area contributed by atoms with E-state index in [1.807, 2.05) is 13.2 Å². The molecule has 1 N–H and O–H groups in total. The van der Waals surface area contributed by atoms with Gasteiger partial charge in [0.25, 0.3) is 0 Å². The lowest BCUT2D eigenvalue weighted by Gasteiger charge is -2.37. The second-order valence-corrected chi connectivity index (χ2v) is 6.79. The fraction of sp³-hybridized carbons (Fsp3) is 0.474. The summed E-state index contributed by atoms with van der Waals surface area (Å²) in [6.07, 6.45) is 1.93. The van der Waals surface area contributed by atoms with Crippen LogP contribution in [0.1, 0.15) is 11.1 Å². The highest BCUT2D eigenvalue weighted by Gasteiger charge is 2.25. The molecule has 0 saturated carbocycles. The molecule has 2 aromatic rings. The molecule has 0 aliphatic carbocycles. The fourth-order valence-corrected chi connectivity index (χ4v) is 3.55. The number of nitrogens with zero attached hydrogens (tertiary/aromatic N) is 3. The maximum Gasteiger partial charge on any atom is 0.317 e. The summed E-state index contributed by atoms with van der Waals surface area (Å²) < 4.78 is 5.87. The van der Waals surface area contributed by atoms with Gasteiger partial charge in [-0.3, -0.25) is 14.7 Å². The Morgan fingerprint density at radius 2 is 2.20 bits per heavy atom. The van der Waals surface area contributed by atoms with Gasteiger partial charge in [-0.05, 0) is 32.0 Å². The Bertz CT molecular complexity index is 778. The van der Waals surface area contributed by atoms with Crippen molar-refractivity contribution in [1.82, 2.24) is 9.88 Å². The third-order valence-electron chi connectivity index (χ3n) is 4.63. The summed E-state index contributed by atoms with van der Waals surface area (Å²) in [5.74, 6) is -0.818. The largest absolute Gasteiger partial charge is 0.480 e. The van der Waals surface area contributed by atoms with Crippen LogP contribution in [-0.2, 0) is 9.53 Å². The van der Waals surface area contributed by atoms with Crippen LogP contribution in [0.25, 0.3) is 10.9 Å². The van der Waals surface area contributed by atoms with E-state index in [0.717, 1.165) is 24.2 Å². The third-order valence-corrected chi connectivity index (χ3v) is 4.63. The summed E-state index contributed by atoms with van der Waals surface area (Å²) in [5, 5.41) is 10.1. The quantitative estimate of drug-likeness (QED) is 0.897. The molecule has 0 bridgehead atoms. The maximum absolute atomic E-state index is 10.9. The van der Waals surface area contributed by atoms with Gasteiger partial charge >= 0.3 is 5.97 Å². The monoisotopic (exact) mass is 343 g/mol. The van der Waals surface area contributed by atoms with Gasteiger partial charge in [0.1, 0.15) is 0 Å². The number of carboxylic acid groups (broad SMARTS) is 1. The lowest BCUT2D eigenvalue weighted by atomic mass is 10.0. The highest BCUT2D eigenvalue weighted by molar-refractivity contribution is 5.95. The Hall–Kier alpha value is -2.18. The molecular formula is C19H25N3O3. The summed E-state index contributed by atoms with van der Waals surface area (Å²) in [4.78, 5) is 19.6. The molecule has 134 valence electrons. The molecular weight excluding hydrogens is 318 g/mol. The maximum atomic E-state index is 10.9. The Kier molecular flexibility index (Phi) is 5.20. The minimum atomic E-state index is -0.818. The number of ether oxygens (including phenoxy) is 1. The van der Waals surface area contributed by atoms with E-state index in [4.69, 9.17) is 9.84 Å². The molecule has 25 heavy (non-hydrogen) atoms. The molecule has 1 fully saturated rings. The van der Waals surface area contributed by atoms with E-state index in [-0.39, 0.29) is 12.6 Å². The number of pyridine rings is 1. The number of para-hydroxylation sites is 1. The van der Waals surface area contributed by atoms with Crippen molar-refractivity contribution in [2.24, 2.45) is 0 Å². The molecule has 6 nitrogen and oxygen atoms in total. The molecule has 1 saturated heterocycles. The number of aliphatic carboxylic acids is 1. The van der Waals surface area contributed by atoms with Crippen molar-refractivity contribution in [3.05, 3.63) is 35.5 Å². The average Bonchev–Trinajstić information content (AvgIpc) is 2.54. The number of fused-ring (bicyclic) bond motifs is 1. The number of likely N-dealkylation sites (N-methyl/N-ethyl adjacent to an activating group) is 1. The van der Waals surface area contributed by atoms with Gasteiger partial charge in [0.05, 0.1) is 30.5 Å². The summed E-state index contributed by atoms with van der Waals surface area (Å²) >= 11 is 0. The standard InChI is InChI=1S/C19H25N3O3/c1-13-5-4-6-16-18(13)20-9-14(2)19(16)22-7-8-25-15(11-22)10-21(3)12-17(23)24/h4-6,9,15H,7-8,10-12H2,1-3H3,(H,23,24). The zero-order chi connectivity index (χ0) is 18.0. The van der Waals surface area contributed by atoms with Crippen molar-refractivity contribution in [2.45, 2.75) is 20.0 Å². The van der Waals surface area contributed by atoms with Crippen LogP contribution >= 0.6 is 0 Å². The molecule has 0 amide bonds. The van der Waals surface area contributed by atoms with Gasteiger partial charge in [0.2, 0.25) is 0 Å². The fourth-order valence-electron chi connectivity index (χ4n) is 3.55. The van der Waals surface area contributed by atoms with Crippen LogP contribution < -0.4 is 4.90 Å². The van der Waals surface area contributed by atoms with Gasteiger partial charge in [-0.2, -0.15) is 0 Å². The number of carbonyl (C=O) groups is 1. The Morgan fingerprint density at radius 3 is 2.96 bits per heavy atom. The Labute approximate surface area is 148 Å². The second kappa shape index (κ2) is 7.37. The third kappa shape index (κ3) is 3.91. The zero-order valence-corrected chi connectivity index (χ0v) is 15.0. The highest BCUT2D eigenvalue weighted by atomic mass is 16.5. The summed E-state index contributed by atoms with van der Waals surface area (Å²) in [6, 6.07) is 6.27. The number of aryl methyl sites for hydroxylation is 2. The highest BCUT2D eigenvalue weighted by Crippen LogP contribution is 2.31. The first-order valence-corrected chi connectivity index (χ1v) is 8.57. The SMILES string of the molecule is Cc1cnc2c(C)cccc2c1N1CCOC(CN(C)CC(=O)O)C1. The van der Waals surface area contributed by atoms with Crippen LogP contribution in [0.3, 0.4) is 0 Å². The predicted molar refractivity (Wildman–Crippen MR) is 98.3 cm³/mol. The first-order chi connectivity index (χ1) is 12.0. The molecule has 0 radical (unpaired) electrons. The first kappa shape index (κ1) is 17.6. The molecule has 3 rings (SSSR count). The lowest BCUT2D eigenvalue weighted by molar-refractivity contribution is -0.138. The van der Waals surface area contributed by atoms with E-state index >= 15 is 0 Å². The van der Waals surface area contributed by atoms with Crippen molar-refractivity contribution in [1.29, 1.82) is 0 Å². The van der Waals surface area contributed by atoms with E-state index in [9.17, 15) is 4.79 Å². The number of benzene rings is 1. The van der Waals surface area contributed by atoms with Gasteiger partial charge in [-0.15, -0.1) is 0 Å². The number of aromatic nitrogens is 1. The average molecular weight is 343 g/mol. The van der Waals surface area contributed by atoms with Crippen molar-refractivity contribution < 1.29 is 14.6 Å². The summed E-state index contributed by atoms with van der Waals surface area (Å²) in [5.41, 5.74) is 4.57. The van der Waals surface area contributed by atoms with Crippen LogP contribution in [0.2, 0.25) is 0 Å². The molecule has 1 atom stereocenters. The molecule has 6 heteroatoms. The second-order valence-electron chi connectivity index (χ2n) is 6.79. The van der Waals surface area contributed by atoms with Crippen LogP contribution in [0, 0.1) is 13.8 Å². The Balaban J connectivity index is 1.84. The van der Waals surface area contributed by atoms with Crippen molar-refractivity contribution in [3.63, 3.8) is 0 Å². The number of anilines is 1. The van der Waals surface area contributed by atoms with Gasteiger partial charge in [-0.1, -0.05) is 18.2 Å². The predicted octanol–water partition coefficient (Wildman–Crippen LogP) is 2.07. The van der Waals surface area contributed by atoms with E-state index < -0.39 is 5.97 Å². The van der Waals surface area contributed by atoms with Gasteiger partial charge in [0, 0.05) is 31.2 Å². The molecule has 1 unspecified atom stereocenters. The zero-order valence-electron chi connectivity index (χ0n) is 15.0. The minimum absolute atomic E-state index is 0.00877. The lowest BCUT2D eigenvalue weighted by Crippen LogP contribution is -2.48. The van der Waals surface area contributed by atoms with Crippen molar-refractivity contribution >= 4 is 22.6 Å². The van der Waals surface area contributed by atoms with Crippen molar-refractivity contribution in [3.8, 4) is 0 Å². The topological polar surface area (TPSA) is 65.9 Å². The van der Waals surface area contributed by atoms with Crippen molar-refractivity contribution in [2.75, 3.05) is 44.7 Å². The van der Waals surface area contributed by atoms with E-state index in [1.165, 1.54) is 16.6 Å². The van der Waals surface area contributed by atoms with Crippen LogP contribution in [0.4, 0.5) is 5.69 Å². The number of carboxylic acids is 1. The Morgan fingerprint density at radius 1 is 1.40 bits per heavy atom. The number of hydrogen-bond acceptors (Lipinski definition) is 5. The number of rotatable bonds is 5. The van der Waals surface area contributed by atoms with E-state index in [1.54, 1.807) is 4.90 Å². The summed E-state index contributed by atoms with van der Waals surface area (Å²) in [7, 11) is 1.81. The smallest absolute Gasteiger partial charge is 0.317 e. The summed E-state index contributed by atoms with van der Waals surface area (Å²) in [6.45, 7) is 7.01. The van der Waals surface area contributed by atoms with Gasteiger partial charge in [0.15, 0.2) is 0 Å². The van der Waals surface area contributed by atoms with Crippen LogP contribution in [0.5, 0.6) is 0 Å². The molecule has 1 aromatic heterocycles. The molecule has 0 spiro atoms. The molecule has 2 heterocycles. The minimum Gasteiger partial charge on any atom is -0.480 e. The van der Waals surface area contributed by atoms with Gasteiger partial charge < -0.3 is 14.7 Å². The van der Waals surface area contributed by atoms with Crippen LogP contribution in [0.15, 0.2) is 24.4 Å². The first-order valence-electron chi connectivity index (χ1n) is 8.57. The normalized spacial score (nSPS) is 18.1. The van der Waals surface area contributed by atoms with E-state index in [0.29, 0.717) is 13.2 Å². The molecule has 1 aliphatic rings. The van der Waals surface area contributed by atoms with Gasteiger partial charge in [-0.25, -0.2) is 0 Å². The van der Waals surface area contributed by atoms with E-state index in [2.05, 4.69) is 41.9 Å². The molecule has 1 aromatic carbocycles. The number of morpholine rings is 1. The number of hydrogen-bond donors (Lipinski definition) is 1. The van der Waals surface area contributed by atoms with Crippen LogP contribution in [-0.4, -0.2) is 66.9 Å². The molecule has 1 aliphatic heterocycles.